The molecule has 0 bridgehead atoms. The fourth-order valence-electron chi connectivity index (χ4n) is 2.41. The van der Waals surface area contributed by atoms with Crippen molar-refractivity contribution < 1.29 is 23.7 Å². The summed E-state index contributed by atoms with van der Waals surface area (Å²) in [6.45, 7) is 3.52. The van der Waals surface area contributed by atoms with Crippen LogP contribution in [0.3, 0.4) is 0 Å². The molecule has 2 aromatic carbocycles. The molecule has 0 aliphatic heterocycles. The molecule has 0 saturated heterocycles. The molecule has 0 unspecified atom stereocenters. The largest absolute Gasteiger partial charge is 0.493 e. The molecule has 0 radical (unpaired) electrons. The minimum Gasteiger partial charge on any atom is -0.493 e. The van der Waals surface area contributed by atoms with Gasteiger partial charge in [0.15, 0.2) is 29.6 Å². The lowest BCUT2D eigenvalue weighted by molar-refractivity contribution is -0.123. The number of carbonyl (C=O) groups excluding carboxylic acids is 1. The summed E-state index contributed by atoms with van der Waals surface area (Å²) >= 11 is 0. The number of hydrazone groups is 1. The Bertz CT molecular complexity index is 849. The highest BCUT2D eigenvalue weighted by Crippen LogP contribution is 2.28. The Balaban J connectivity index is 1.91. The van der Waals surface area contributed by atoms with Crippen LogP contribution in [0.15, 0.2) is 54.2 Å². The van der Waals surface area contributed by atoms with Gasteiger partial charge < -0.3 is 18.9 Å². The number of nitrogens with zero attached hydrogens (tertiary/aromatic N) is 1. The molecule has 148 valence electrons. The topological polar surface area (TPSA) is 78.4 Å². The Labute approximate surface area is 164 Å². The van der Waals surface area contributed by atoms with Crippen LogP contribution in [0.25, 0.3) is 0 Å². The molecule has 1 N–H and O–H groups in total. The van der Waals surface area contributed by atoms with Crippen LogP contribution in [-0.4, -0.2) is 40.1 Å². The van der Waals surface area contributed by atoms with Gasteiger partial charge in [-0.3, -0.25) is 4.79 Å². The number of allylic oxidation sites excluding steroid dienone is 1. The first-order valence-electron chi connectivity index (χ1n) is 8.55. The van der Waals surface area contributed by atoms with Crippen LogP contribution in [0.5, 0.6) is 23.0 Å². The minimum absolute atomic E-state index is 0.194. The third kappa shape index (κ3) is 5.77. The molecule has 7 heteroatoms. The van der Waals surface area contributed by atoms with E-state index in [2.05, 4.69) is 17.1 Å². The van der Waals surface area contributed by atoms with Crippen LogP contribution in [0.4, 0.5) is 0 Å². The second-order valence-electron chi connectivity index (χ2n) is 5.67. The summed E-state index contributed by atoms with van der Waals surface area (Å²) < 4.78 is 21.2. The Morgan fingerprint density at radius 3 is 2.36 bits per heavy atom. The number of ether oxygens (including phenoxy) is 4. The summed E-state index contributed by atoms with van der Waals surface area (Å²) in [5.74, 6) is 1.84. The van der Waals surface area contributed by atoms with Gasteiger partial charge in [-0.15, -0.1) is 6.58 Å². The molecule has 1 amide bonds. The van der Waals surface area contributed by atoms with Gasteiger partial charge in [0.2, 0.25) is 0 Å². The van der Waals surface area contributed by atoms with Crippen LogP contribution in [0, 0.1) is 0 Å². The van der Waals surface area contributed by atoms with Gasteiger partial charge in [-0.25, -0.2) is 5.43 Å². The number of hydrogen-bond acceptors (Lipinski definition) is 6. The number of hydrogen-bond donors (Lipinski definition) is 1. The van der Waals surface area contributed by atoms with Crippen molar-refractivity contribution in [3.8, 4) is 23.0 Å². The smallest absolute Gasteiger partial charge is 0.277 e. The highest BCUT2D eigenvalue weighted by molar-refractivity contribution is 5.83. The highest BCUT2D eigenvalue weighted by Gasteiger charge is 2.08. The number of rotatable bonds is 10. The molecule has 0 atom stereocenters. The van der Waals surface area contributed by atoms with E-state index in [0.717, 1.165) is 17.5 Å². The molecule has 0 saturated carbocycles. The van der Waals surface area contributed by atoms with Gasteiger partial charge in [-0.1, -0.05) is 12.1 Å². The summed E-state index contributed by atoms with van der Waals surface area (Å²) in [5.41, 5.74) is 4.21. The van der Waals surface area contributed by atoms with Gasteiger partial charge in [0.1, 0.15) is 0 Å². The molecule has 0 aliphatic rings. The predicted octanol–water partition coefficient (Wildman–Crippen LogP) is 2.97. The zero-order valence-corrected chi connectivity index (χ0v) is 16.2. The fraction of sp³-hybridized carbons (Fsp3) is 0.238. The molecule has 0 spiro atoms. The molecule has 7 nitrogen and oxygen atoms in total. The van der Waals surface area contributed by atoms with Crippen molar-refractivity contribution in [3.05, 3.63) is 60.2 Å². The Kier molecular flexibility index (Phi) is 7.90. The SMILES string of the molecule is C=CCc1ccc(OCC(=O)N/N=C/c2ccc(OC)c(OC)c2)c(OC)c1. The van der Waals surface area contributed by atoms with Crippen molar-refractivity contribution in [2.45, 2.75) is 6.42 Å². The molecule has 2 rings (SSSR count). The Morgan fingerprint density at radius 1 is 1.00 bits per heavy atom. The Morgan fingerprint density at radius 2 is 1.68 bits per heavy atom. The molecule has 2 aromatic rings. The molecular weight excluding hydrogens is 360 g/mol. The lowest BCUT2D eigenvalue weighted by atomic mass is 10.1. The van der Waals surface area contributed by atoms with E-state index in [1.165, 1.54) is 6.21 Å². The number of benzene rings is 2. The van der Waals surface area contributed by atoms with Gasteiger partial charge in [0.05, 0.1) is 27.5 Å². The van der Waals surface area contributed by atoms with Gasteiger partial charge in [0, 0.05) is 0 Å². The maximum atomic E-state index is 12.0. The van der Waals surface area contributed by atoms with E-state index in [0.29, 0.717) is 23.0 Å². The van der Waals surface area contributed by atoms with Crippen molar-refractivity contribution >= 4 is 12.1 Å². The monoisotopic (exact) mass is 384 g/mol. The predicted molar refractivity (Wildman–Crippen MR) is 108 cm³/mol. The van der Waals surface area contributed by atoms with Crippen LogP contribution >= 0.6 is 0 Å². The quantitative estimate of drug-likeness (QED) is 0.387. The van der Waals surface area contributed by atoms with Crippen molar-refractivity contribution in [2.75, 3.05) is 27.9 Å². The van der Waals surface area contributed by atoms with Gasteiger partial charge in [0.25, 0.3) is 5.91 Å². The summed E-state index contributed by atoms with van der Waals surface area (Å²) in [4.78, 5) is 12.0. The molecule has 0 aliphatic carbocycles. The van der Waals surface area contributed by atoms with E-state index >= 15 is 0 Å². The van der Waals surface area contributed by atoms with Crippen LogP contribution < -0.4 is 24.4 Å². The minimum atomic E-state index is -0.394. The standard InChI is InChI=1S/C21H24N2O5/c1-5-6-15-7-10-18(20(11-15)27-4)28-14-21(24)23-22-13-16-8-9-17(25-2)19(12-16)26-3/h5,7-13H,1,6,14H2,2-4H3,(H,23,24)/b22-13+. The molecule has 0 heterocycles. The first kappa shape index (κ1) is 20.8. The third-order valence-corrected chi connectivity index (χ3v) is 3.78. The lowest BCUT2D eigenvalue weighted by Gasteiger charge is -2.11. The maximum Gasteiger partial charge on any atom is 0.277 e. The fourth-order valence-corrected chi connectivity index (χ4v) is 2.41. The summed E-state index contributed by atoms with van der Waals surface area (Å²) in [6, 6.07) is 10.8. The number of amides is 1. The number of methoxy groups -OCH3 is 3. The average Bonchev–Trinajstić information content (AvgIpc) is 2.72. The van der Waals surface area contributed by atoms with Gasteiger partial charge in [-0.05, 0) is 47.9 Å². The summed E-state index contributed by atoms with van der Waals surface area (Å²) in [6.07, 6.45) is 4.03. The first-order chi connectivity index (χ1) is 13.6. The van der Waals surface area contributed by atoms with E-state index in [1.807, 2.05) is 12.1 Å². The zero-order chi connectivity index (χ0) is 20.4. The van der Waals surface area contributed by atoms with Crippen molar-refractivity contribution in [2.24, 2.45) is 5.10 Å². The van der Waals surface area contributed by atoms with E-state index in [4.69, 9.17) is 18.9 Å². The molecule has 0 fully saturated rings. The number of carbonyl (C=O) groups is 1. The molecular formula is C21H24N2O5. The van der Waals surface area contributed by atoms with Crippen LogP contribution in [0.1, 0.15) is 11.1 Å². The van der Waals surface area contributed by atoms with E-state index in [9.17, 15) is 4.79 Å². The normalized spacial score (nSPS) is 10.4. The molecule has 28 heavy (non-hydrogen) atoms. The van der Waals surface area contributed by atoms with E-state index in [1.54, 1.807) is 51.7 Å². The van der Waals surface area contributed by atoms with Crippen molar-refractivity contribution in [3.63, 3.8) is 0 Å². The summed E-state index contributed by atoms with van der Waals surface area (Å²) in [5, 5.41) is 3.92. The van der Waals surface area contributed by atoms with Crippen LogP contribution in [-0.2, 0) is 11.2 Å². The lowest BCUT2D eigenvalue weighted by Crippen LogP contribution is -2.24. The summed E-state index contributed by atoms with van der Waals surface area (Å²) in [7, 11) is 4.66. The second kappa shape index (κ2) is 10.6. The van der Waals surface area contributed by atoms with Crippen molar-refractivity contribution in [1.82, 2.24) is 5.43 Å². The Hall–Kier alpha value is -3.48. The second-order valence-corrected chi connectivity index (χ2v) is 5.67. The van der Waals surface area contributed by atoms with Crippen molar-refractivity contribution in [1.29, 1.82) is 0 Å². The van der Waals surface area contributed by atoms with Gasteiger partial charge >= 0.3 is 0 Å². The maximum absolute atomic E-state index is 12.0. The van der Waals surface area contributed by atoms with E-state index in [-0.39, 0.29) is 6.61 Å². The highest BCUT2D eigenvalue weighted by atomic mass is 16.5. The number of nitrogens with one attached hydrogen (secondary N) is 1. The zero-order valence-electron chi connectivity index (χ0n) is 16.2. The molecule has 0 aromatic heterocycles. The third-order valence-electron chi connectivity index (χ3n) is 3.78. The van der Waals surface area contributed by atoms with Crippen LogP contribution in [0.2, 0.25) is 0 Å². The van der Waals surface area contributed by atoms with E-state index < -0.39 is 5.91 Å². The average molecular weight is 384 g/mol. The van der Waals surface area contributed by atoms with Gasteiger partial charge in [-0.2, -0.15) is 5.10 Å². The first-order valence-corrected chi connectivity index (χ1v) is 8.55.